The van der Waals surface area contributed by atoms with E-state index in [1.165, 1.54) is 12.1 Å². The summed E-state index contributed by atoms with van der Waals surface area (Å²) in [4.78, 5) is 18.1. The highest BCUT2D eigenvalue weighted by Crippen LogP contribution is 2.28. The summed E-state index contributed by atoms with van der Waals surface area (Å²) in [5, 5.41) is 2.87. The van der Waals surface area contributed by atoms with Gasteiger partial charge in [-0.15, -0.1) is 0 Å². The first-order valence-corrected chi connectivity index (χ1v) is 12.6. The van der Waals surface area contributed by atoms with Crippen LogP contribution in [0.2, 0.25) is 0 Å². The third-order valence-electron chi connectivity index (χ3n) is 5.92. The van der Waals surface area contributed by atoms with Crippen molar-refractivity contribution in [2.45, 2.75) is 56.0 Å². The average Bonchev–Trinajstić information content (AvgIpc) is 3.57. The second-order valence-electron chi connectivity index (χ2n) is 8.44. The van der Waals surface area contributed by atoms with Crippen LogP contribution in [0.15, 0.2) is 59.5 Å². The Balaban J connectivity index is 1.45. The fourth-order valence-corrected chi connectivity index (χ4v) is 5.48. The van der Waals surface area contributed by atoms with Crippen LogP contribution in [0.5, 0.6) is 0 Å². The Hall–Kier alpha value is -2.97. The molecule has 32 heavy (non-hydrogen) atoms. The zero-order valence-corrected chi connectivity index (χ0v) is 18.6. The van der Waals surface area contributed by atoms with Gasteiger partial charge in [-0.1, -0.05) is 42.8 Å². The quantitative estimate of drug-likeness (QED) is 0.594. The van der Waals surface area contributed by atoms with Gasteiger partial charge in [-0.3, -0.25) is 4.79 Å². The van der Waals surface area contributed by atoms with E-state index in [0.29, 0.717) is 11.4 Å². The van der Waals surface area contributed by atoms with Crippen molar-refractivity contribution in [3.8, 4) is 11.4 Å². The smallest absolute Gasteiger partial charge is 0.276 e. The number of anilines is 1. The molecule has 1 fully saturated rings. The van der Waals surface area contributed by atoms with Crippen molar-refractivity contribution in [3.05, 3.63) is 66.0 Å². The molecule has 0 atom stereocenters. The predicted octanol–water partition coefficient (Wildman–Crippen LogP) is 3.97. The first-order chi connectivity index (χ1) is 15.5. The molecule has 0 spiro atoms. The molecule has 2 aliphatic rings. The fourth-order valence-electron chi connectivity index (χ4n) is 4.13. The molecule has 5 rings (SSSR count). The molecule has 1 saturated carbocycles. The van der Waals surface area contributed by atoms with Crippen LogP contribution in [-0.2, 0) is 23.0 Å². The summed E-state index contributed by atoms with van der Waals surface area (Å²) in [6.45, 7) is 0.834. The van der Waals surface area contributed by atoms with Crippen LogP contribution in [0.1, 0.15) is 48.3 Å². The summed E-state index contributed by atoms with van der Waals surface area (Å²) >= 11 is 0. The molecule has 1 amide bonds. The topological polar surface area (TPSA) is 93.1 Å². The summed E-state index contributed by atoms with van der Waals surface area (Å²) in [5.41, 5.74) is 2.77. The van der Waals surface area contributed by atoms with Crippen LogP contribution in [0.3, 0.4) is 0 Å². The zero-order valence-electron chi connectivity index (χ0n) is 17.8. The van der Waals surface area contributed by atoms with Gasteiger partial charge in [0.15, 0.2) is 0 Å². The Morgan fingerprint density at radius 2 is 1.81 bits per heavy atom. The molecule has 2 heterocycles. The Kier molecular flexibility index (Phi) is 5.57. The highest BCUT2D eigenvalue weighted by atomic mass is 32.2. The van der Waals surface area contributed by atoms with E-state index in [9.17, 15) is 13.2 Å². The minimum absolute atomic E-state index is 0.0238. The van der Waals surface area contributed by atoms with Gasteiger partial charge in [-0.25, -0.2) is 18.1 Å². The van der Waals surface area contributed by atoms with Crippen molar-refractivity contribution >= 4 is 21.6 Å². The maximum Gasteiger partial charge on any atom is 0.276 e. The lowest BCUT2D eigenvalue weighted by Gasteiger charge is -2.10. The molecule has 1 aromatic heterocycles. The van der Waals surface area contributed by atoms with Crippen molar-refractivity contribution < 1.29 is 13.2 Å². The number of hydrogen-bond acceptors (Lipinski definition) is 4. The SMILES string of the molecule is O=C(Nc1cccc(S(=O)(=O)NC2CC2)c1)c1nc(-c2ccccc2)n2c1CCCCC2. The lowest BCUT2D eigenvalue weighted by molar-refractivity contribution is 0.102. The number of benzene rings is 2. The number of amides is 1. The van der Waals surface area contributed by atoms with Gasteiger partial charge in [-0.2, -0.15) is 0 Å². The lowest BCUT2D eigenvalue weighted by atomic mass is 10.1. The minimum Gasteiger partial charge on any atom is -0.327 e. The number of hydrogen-bond donors (Lipinski definition) is 2. The summed E-state index contributed by atoms with van der Waals surface area (Å²) < 4.78 is 29.9. The summed E-state index contributed by atoms with van der Waals surface area (Å²) in [7, 11) is -3.59. The summed E-state index contributed by atoms with van der Waals surface area (Å²) in [5.74, 6) is 0.486. The average molecular weight is 451 g/mol. The second kappa shape index (κ2) is 8.52. The highest BCUT2D eigenvalue weighted by molar-refractivity contribution is 7.89. The monoisotopic (exact) mass is 450 g/mol. The molecule has 7 nitrogen and oxygen atoms in total. The van der Waals surface area contributed by atoms with Gasteiger partial charge in [0.1, 0.15) is 11.5 Å². The first kappa shape index (κ1) is 20.9. The van der Waals surface area contributed by atoms with Crippen LogP contribution in [-0.4, -0.2) is 29.9 Å². The van der Waals surface area contributed by atoms with Crippen molar-refractivity contribution in [1.82, 2.24) is 14.3 Å². The molecule has 1 aliphatic carbocycles. The van der Waals surface area contributed by atoms with E-state index in [4.69, 9.17) is 4.98 Å². The van der Waals surface area contributed by atoms with E-state index >= 15 is 0 Å². The number of rotatable bonds is 6. The van der Waals surface area contributed by atoms with E-state index in [2.05, 4.69) is 14.6 Å². The molecule has 3 aromatic rings. The third-order valence-corrected chi connectivity index (χ3v) is 7.43. The molecule has 166 valence electrons. The number of carbonyl (C=O) groups is 1. The Labute approximate surface area is 187 Å². The molecule has 0 radical (unpaired) electrons. The van der Waals surface area contributed by atoms with Gasteiger partial charge in [0.05, 0.1) is 10.6 Å². The molecule has 2 N–H and O–H groups in total. The zero-order chi connectivity index (χ0) is 22.1. The molecule has 8 heteroatoms. The van der Waals surface area contributed by atoms with E-state index in [1.54, 1.807) is 12.1 Å². The molecule has 0 saturated heterocycles. The second-order valence-corrected chi connectivity index (χ2v) is 10.2. The molecule has 1 aliphatic heterocycles. The van der Waals surface area contributed by atoms with Gasteiger partial charge >= 0.3 is 0 Å². The number of nitrogens with one attached hydrogen (secondary N) is 2. The molecular formula is C24H26N4O3S. The Bertz CT molecular complexity index is 1250. The van der Waals surface area contributed by atoms with Crippen LogP contribution in [0.4, 0.5) is 5.69 Å². The maximum atomic E-state index is 13.2. The van der Waals surface area contributed by atoms with Crippen molar-refractivity contribution in [2.75, 3.05) is 5.32 Å². The fraction of sp³-hybridized carbons (Fsp3) is 0.333. The van der Waals surface area contributed by atoms with E-state index in [0.717, 1.165) is 62.2 Å². The Morgan fingerprint density at radius 1 is 1.00 bits per heavy atom. The van der Waals surface area contributed by atoms with E-state index in [-0.39, 0.29) is 16.8 Å². The highest BCUT2D eigenvalue weighted by Gasteiger charge is 2.28. The number of carbonyl (C=O) groups excluding carboxylic acids is 1. The van der Waals surface area contributed by atoms with Crippen molar-refractivity contribution in [3.63, 3.8) is 0 Å². The van der Waals surface area contributed by atoms with Gasteiger partial charge in [-0.05, 0) is 50.3 Å². The van der Waals surface area contributed by atoms with Crippen molar-refractivity contribution in [2.24, 2.45) is 0 Å². The minimum atomic E-state index is -3.59. The summed E-state index contributed by atoms with van der Waals surface area (Å²) in [6, 6.07) is 16.3. The van der Waals surface area contributed by atoms with Gasteiger partial charge in [0.25, 0.3) is 5.91 Å². The van der Waals surface area contributed by atoms with E-state index in [1.807, 2.05) is 30.3 Å². The lowest BCUT2D eigenvalue weighted by Crippen LogP contribution is -2.25. The maximum absolute atomic E-state index is 13.2. The Morgan fingerprint density at radius 3 is 2.59 bits per heavy atom. The predicted molar refractivity (Wildman–Crippen MR) is 123 cm³/mol. The number of aromatic nitrogens is 2. The van der Waals surface area contributed by atoms with E-state index < -0.39 is 10.0 Å². The number of fused-ring (bicyclic) bond motifs is 1. The van der Waals surface area contributed by atoms with Gasteiger partial charge in [0, 0.05) is 23.8 Å². The van der Waals surface area contributed by atoms with Gasteiger partial charge in [0.2, 0.25) is 10.0 Å². The van der Waals surface area contributed by atoms with Crippen LogP contribution < -0.4 is 10.0 Å². The number of imidazole rings is 1. The molecular weight excluding hydrogens is 424 g/mol. The van der Waals surface area contributed by atoms with Crippen LogP contribution >= 0.6 is 0 Å². The number of nitrogens with zero attached hydrogens (tertiary/aromatic N) is 2. The standard InChI is InChI=1S/C24H26N4O3S/c29-24(25-19-10-7-11-20(16-19)32(30,31)27-18-13-14-18)22-21-12-5-2-6-15-28(21)23(26-22)17-8-3-1-4-9-17/h1,3-4,7-11,16,18,27H,2,5-6,12-15H2,(H,25,29). The molecule has 0 bridgehead atoms. The first-order valence-electron chi connectivity index (χ1n) is 11.1. The van der Waals surface area contributed by atoms with Crippen molar-refractivity contribution in [1.29, 1.82) is 0 Å². The third kappa shape index (κ3) is 4.33. The molecule has 2 aromatic carbocycles. The van der Waals surface area contributed by atoms with Crippen LogP contribution in [0.25, 0.3) is 11.4 Å². The largest absolute Gasteiger partial charge is 0.327 e. The molecule has 0 unspecified atom stereocenters. The van der Waals surface area contributed by atoms with Gasteiger partial charge < -0.3 is 9.88 Å². The normalized spacial score (nSPS) is 16.2. The number of sulfonamides is 1. The summed E-state index contributed by atoms with van der Waals surface area (Å²) in [6.07, 6.45) is 5.71. The van der Waals surface area contributed by atoms with Crippen LogP contribution in [0, 0.1) is 0 Å².